The number of thiazole rings is 1. The monoisotopic (exact) mass is 478 g/mol. The molecule has 0 bridgehead atoms. The zero-order chi connectivity index (χ0) is 22.8. The first kappa shape index (κ1) is 22.1. The summed E-state index contributed by atoms with van der Waals surface area (Å²) in [6.07, 6.45) is 0.413. The lowest BCUT2D eigenvalue weighted by Crippen LogP contribution is -2.48. The number of carbonyl (C=O) groups excluding carboxylic acids is 1. The molecule has 0 atom stereocenters. The van der Waals surface area contributed by atoms with Crippen molar-refractivity contribution in [1.29, 1.82) is 0 Å². The molecule has 0 spiro atoms. The van der Waals surface area contributed by atoms with Crippen LogP contribution in [0, 0.1) is 6.92 Å². The normalized spacial score (nSPS) is 14.8. The van der Waals surface area contributed by atoms with Gasteiger partial charge in [-0.3, -0.25) is 9.69 Å². The molecule has 0 aliphatic carbocycles. The number of rotatable bonds is 6. The van der Waals surface area contributed by atoms with Crippen LogP contribution >= 0.6 is 22.9 Å². The van der Waals surface area contributed by atoms with Gasteiger partial charge in [-0.1, -0.05) is 65.4 Å². The molecule has 1 saturated heterocycles. The summed E-state index contributed by atoms with van der Waals surface area (Å²) in [7, 11) is 0. The van der Waals surface area contributed by atoms with Gasteiger partial charge in [0, 0.05) is 44.3 Å². The minimum atomic E-state index is 0.0773. The number of nitrogens with one attached hydrogen (secondary N) is 1. The van der Waals surface area contributed by atoms with Gasteiger partial charge in [-0.15, -0.1) is 0 Å². The Morgan fingerprint density at radius 1 is 1.06 bits per heavy atom. The van der Waals surface area contributed by atoms with Gasteiger partial charge >= 0.3 is 0 Å². The summed E-state index contributed by atoms with van der Waals surface area (Å²) in [6, 6.07) is 18.4. The molecule has 5 nitrogen and oxygen atoms in total. The summed E-state index contributed by atoms with van der Waals surface area (Å²) in [4.78, 5) is 22.1. The van der Waals surface area contributed by atoms with Crippen molar-refractivity contribution in [3.05, 3.63) is 70.7 Å². The number of amides is 1. The fourth-order valence-electron chi connectivity index (χ4n) is 4.42. The highest BCUT2D eigenvalue weighted by Gasteiger charge is 2.20. The van der Waals surface area contributed by atoms with Crippen molar-refractivity contribution < 1.29 is 4.79 Å². The molecule has 1 amide bonds. The molecule has 1 aliphatic heterocycles. The van der Waals surface area contributed by atoms with Gasteiger partial charge in [-0.05, 0) is 41.0 Å². The quantitative estimate of drug-likeness (QED) is 0.428. The predicted molar refractivity (Wildman–Crippen MR) is 139 cm³/mol. The third kappa shape index (κ3) is 4.83. The first-order valence-corrected chi connectivity index (χ1v) is 12.5. The van der Waals surface area contributed by atoms with E-state index < -0.39 is 0 Å². The molecule has 1 aliphatic rings. The number of halogens is 1. The van der Waals surface area contributed by atoms with Gasteiger partial charge in [0.15, 0.2) is 5.13 Å². The summed E-state index contributed by atoms with van der Waals surface area (Å²) in [5.74, 6) is 0.0773. The molecule has 170 valence electrons. The molecule has 1 fully saturated rings. The SMILES string of the molecule is Cc1c(Cl)ccc2sc(N3CCN(CCNC(=O)Cc4cccc5ccccc45)CC3)nc12. The molecule has 0 unspecified atom stereocenters. The summed E-state index contributed by atoms with van der Waals surface area (Å²) in [6.45, 7) is 7.38. The molecule has 33 heavy (non-hydrogen) atoms. The number of aryl methyl sites for hydroxylation is 1. The molecule has 5 rings (SSSR count). The third-order valence-electron chi connectivity index (χ3n) is 6.36. The molecule has 4 aromatic rings. The number of nitrogens with zero attached hydrogens (tertiary/aromatic N) is 3. The maximum atomic E-state index is 12.5. The van der Waals surface area contributed by atoms with Crippen molar-refractivity contribution in [2.45, 2.75) is 13.3 Å². The highest BCUT2D eigenvalue weighted by Crippen LogP contribution is 2.33. The second-order valence-corrected chi connectivity index (χ2v) is 9.93. The van der Waals surface area contributed by atoms with E-state index in [0.29, 0.717) is 13.0 Å². The number of hydrogen-bond acceptors (Lipinski definition) is 5. The lowest BCUT2D eigenvalue weighted by molar-refractivity contribution is -0.120. The maximum Gasteiger partial charge on any atom is 0.224 e. The smallest absolute Gasteiger partial charge is 0.224 e. The zero-order valence-corrected chi connectivity index (χ0v) is 20.3. The van der Waals surface area contributed by atoms with E-state index >= 15 is 0 Å². The number of hydrogen-bond donors (Lipinski definition) is 1. The summed E-state index contributed by atoms with van der Waals surface area (Å²) < 4.78 is 1.18. The fourth-order valence-corrected chi connectivity index (χ4v) is 5.65. The lowest BCUT2D eigenvalue weighted by atomic mass is 10.0. The van der Waals surface area contributed by atoms with E-state index in [9.17, 15) is 4.79 Å². The highest BCUT2D eigenvalue weighted by atomic mass is 35.5. The molecule has 1 N–H and O–H groups in total. The topological polar surface area (TPSA) is 48.5 Å². The summed E-state index contributed by atoms with van der Waals surface area (Å²) >= 11 is 7.99. The Morgan fingerprint density at radius 3 is 2.70 bits per heavy atom. The van der Waals surface area contributed by atoms with Crippen LogP contribution < -0.4 is 10.2 Å². The number of benzene rings is 3. The standard InChI is InChI=1S/C26H27ClN4OS/c1-18-22(27)9-10-23-25(18)29-26(33-23)31-15-13-30(14-16-31)12-11-28-24(32)17-20-7-4-6-19-5-2-3-8-21(19)20/h2-10H,11-17H2,1H3,(H,28,32). The van der Waals surface area contributed by atoms with Gasteiger partial charge in [-0.25, -0.2) is 4.98 Å². The van der Waals surface area contributed by atoms with Gasteiger partial charge in [0.1, 0.15) is 0 Å². The Labute approximate surface area is 203 Å². The molecule has 1 aromatic heterocycles. The number of aromatic nitrogens is 1. The van der Waals surface area contributed by atoms with Crippen molar-refractivity contribution in [3.8, 4) is 0 Å². The van der Waals surface area contributed by atoms with Crippen molar-refractivity contribution in [2.75, 3.05) is 44.2 Å². The minimum Gasteiger partial charge on any atom is -0.355 e. The van der Waals surface area contributed by atoms with Crippen molar-refractivity contribution in [2.24, 2.45) is 0 Å². The summed E-state index contributed by atoms with van der Waals surface area (Å²) in [5.41, 5.74) is 3.14. The predicted octanol–water partition coefficient (Wildman–Crippen LogP) is 4.89. The minimum absolute atomic E-state index is 0.0773. The molecule has 3 aromatic carbocycles. The Morgan fingerprint density at radius 2 is 1.85 bits per heavy atom. The van der Waals surface area contributed by atoms with E-state index in [4.69, 9.17) is 16.6 Å². The second kappa shape index (κ2) is 9.67. The molecule has 0 radical (unpaired) electrons. The Bertz CT molecular complexity index is 1290. The van der Waals surface area contributed by atoms with Crippen molar-refractivity contribution >= 4 is 55.0 Å². The van der Waals surface area contributed by atoms with Crippen LogP contribution in [0.2, 0.25) is 5.02 Å². The molecule has 0 saturated carbocycles. The largest absolute Gasteiger partial charge is 0.355 e. The van der Waals surface area contributed by atoms with Crippen LogP contribution in [-0.2, 0) is 11.2 Å². The number of fused-ring (bicyclic) bond motifs is 2. The van der Waals surface area contributed by atoms with Gasteiger partial charge in [0.05, 0.1) is 16.6 Å². The Hall–Kier alpha value is -2.67. The van der Waals surface area contributed by atoms with Crippen LogP contribution in [0.4, 0.5) is 5.13 Å². The number of anilines is 1. The van der Waals surface area contributed by atoms with E-state index in [0.717, 1.165) is 64.9 Å². The molecule has 2 heterocycles. The molecule has 7 heteroatoms. The number of piperazine rings is 1. The first-order valence-electron chi connectivity index (χ1n) is 11.3. The van der Waals surface area contributed by atoms with Crippen LogP contribution in [0.5, 0.6) is 0 Å². The zero-order valence-electron chi connectivity index (χ0n) is 18.7. The molecular weight excluding hydrogens is 452 g/mol. The van der Waals surface area contributed by atoms with Crippen molar-refractivity contribution in [1.82, 2.24) is 15.2 Å². The van der Waals surface area contributed by atoms with Gasteiger partial charge in [0.2, 0.25) is 5.91 Å². The van der Waals surface area contributed by atoms with Crippen LogP contribution in [0.3, 0.4) is 0 Å². The van der Waals surface area contributed by atoms with Gasteiger partial charge in [-0.2, -0.15) is 0 Å². The first-order chi connectivity index (χ1) is 16.1. The number of carbonyl (C=O) groups is 1. The van der Waals surface area contributed by atoms with Crippen molar-refractivity contribution in [3.63, 3.8) is 0 Å². The van der Waals surface area contributed by atoms with E-state index in [1.165, 1.54) is 10.1 Å². The maximum absolute atomic E-state index is 12.5. The van der Waals surface area contributed by atoms with Crippen LogP contribution in [0.25, 0.3) is 21.0 Å². The van der Waals surface area contributed by atoms with E-state index in [2.05, 4.69) is 39.4 Å². The average molecular weight is 479 g/mol. The Kier molecular flexibility index (Phi) is 6.49. The van der Waals surface area contributed by atoms with E-state index in [-0.39, 0.29) is 5.91 Å². The van der Waals surface area contributed by atoms with Crippen LogP contribution in [0.1, 0.15) is 11.1 Å². The van der Waals surface area contributed by atoms with Crippen LogP contribution in [0.15, 0.2) is 54.6 Å². The second-order valence-electron chi connectivity index (χ2n) is 8.51. The Balaban J connectivity index is 1.10. The molecular formula is C26H27ClN4OS. The van der Waals surface area contributed by atoms with E-state index in [1.807, 2.05) is 37.3 Å². The van der Waals surface area contributed by atoms with Gasteiger partial charge < -0.3 is 10.2 Å². The van der Waals surface area contributed by atoms with Gasteiger partial charge in [0.25, 0.3) is 0 Å². The third-order valence-corrected chi connectivity index (χ3v) is 7.85. The van der Waals surface area contributed by atoms with Crippen LogP contribution in [-0.4, -0.2) is 55.1 Å². The summed E-state index contributed by atoms with van der Waals surface area (Å²) in [5, 5.41) is 7.26. The fraction of sp³-hybridized carbons (Fsp3) is 0.308. The van der Waals surface area contributed by atoms with E-state index in [1.54, 1.807) is 11.3 Å². The lowest BCUT2D eigenvalue weighted by Gasteiger charge is -2.34. The average Bonchev–Trinajstić information content (AvgIpc) is 3.27. The highest BCUT2D eigenvalue weighted by molar-refractivity contribution is 7.22.